The van der Waals surface area contributed by atoms with Gasteiger partial charge < -0.3 is 0 Å². The Morgan fingerprint density at radius 3 is 2.37 bits per heavy atom. The Bertz CT molecular complexity index is 563. The van der Waals surface area contributed by atoms with Crippen LogP contribution in [0.1, 0.15) is 12.8 Å². The lowest BCUT2D eigenvalue weighted by molar-refractivity contribution is 0.0667. The number of halogens is 2. The lowest BCUT2D eigenvalue weighted by Gasteiger charge is -2.52. The van der Waals surface area contributed by atoms with Crippen LogP contribution in [0.3, 0.4) is 0 Å². The van der Waals surface area contributed by atoms with Crippen molar-refractivity contribution in [2.45, 2.75) is 33.4 Å². The number of fused-ring (bicyclic) bond motifs is 1. The van der Waals surface area contributed by atoms with Crippen LogP contribution in [0, 0.1) is 5.92 Å². The number of alkyl halides is 2. The van der Waals surface area contributed by atoms with E-state index in [0.29, 0.717) is 27.0 Å². The molecule has 0 bridgehead atoms. The second-order valence-corrected chi connectivity index (χ2v) is 9.46. The molecular weight excluding hydrogens is 394 g/mol. The van der Waals surface area contributed by atoms with Crippen LogP contribution in [-0.2, 0) is 10.0 Å². The monoisotopic (exact) mass is 407 g/mol. The zero-order valence-corrected chi connectivity index (χ0v) is 14.2. The van der Waals surface area contributed by atoms with E-state index in [0.717, 1.165) is 12.8 Å². The fourth-order valence-electron chi connectivity index (χ4n) is 2.95. The van der Waals surface area contributed by atoms with Crippen LogP contribution in [0.5, 0.6) is 0 Å². The fraction of sp³-hybridized carbons (Fsp3) is 0.538. The summed E-state index contributed by atoms with van der Waals surface area (Å²) in [5.74, 6) is 0.497. The van der Waals surface area contributed by atoms with Crippen LogP contribution in [-0.4, -0.2) is 35.0 Å². The molecule has 0 unspecified atom stereocenters. The maximum Gasteiger partial charge on any atom is 0.243 e. The Balaban J connectivity index is 1.82. The maximum atomic E-state index is 12.6. The highest BCUT2D eigenvalue weighted by molar-refractivity contribution is 9.12. The molecule has 3 nitrogen and oxygen atoms in total. The zero-order valence-electron chi connectivity index (χ0n) is 10.2. The summed E-state index contributed by atoms with van der Waals surface area (Å²) in [5, 5.41) is 0. The summed E-state index contributed by atoms with van der Waals surface area (Å²) >= 11 is 7.29. The summed E-state index contributed by atoms with van der Waals surface area (Å²) in [4.78, 5) is 1.21. The molecular formula is C13H15Br2NO2S. The number of rotatable bonds is 2. The molecule has 1 aromatic carbocycles. The summed E-state index contributed by atoms with van der Waals surface area (Å²) in [6.07, 6.45) is 1.92. The molecule has 0 amide bonds. The predicted molar refractivity (Wildman–Crippen MR) is 82.3 cm³/mol. The molecule has 3 rings (SSSR count). The third-order valence-electron chi connectivity index (χ3n) is 4.07. The van der Waals surface area contributed by atoms with E-state index in [2.05, 4.69) is 31.9 Å². The van der Waals surface area contributed by atoms with Gasteiger partial charge in [0.1, 0.15) is 0 Å². The number of hydrogen-bond acceptors (Lipinski definition) is 2. The topological polar surface area (TPSA) is 37.4 Å². The Hall–Kier alpha value is 0.0900. The molecule has 0 aromatic heterocycles. The lowest BCUT2D eigenvalue weighted by Crippen LogP contribution is -2.62. The number of hydrogen-bond donors (Lipinski definition) is 0. The quantitative estimate of drug-likeness (QED) is 0.705. The average Bonchev–Trinajstić information content (AvgIpc) is 2.39. The summed E-state index contributed by atoms with van der Waals surface area (Å²) in [5.41, 5.74) is 0. The molecule has 2 fully saturated rings. The van der Waals surface area contributed by atoms with Crippen molar-refractivity contribution in [1.82, 2.24) is 4.31 Å². The minimum Gasteiger partial charge on any atom is -0.207 e. The van der Waals surface area contributed by atoms with Crippen molar-refractivity contribution in [2.24, 2.45) is 5.92 Å². The molecule has 1 aliphatic carbocycles. The predicted octanol–water partition coefficient (Wildman–Crippen LogP) is 3.00. The summed E-state index contributed by atoms with van der Waals surface area (Å²) in [7, 11) is -3.32. The highest BCUT2D eigenvalue weighted by Gasteiger charge is 2.50. The summed E-state index contributed by atoms with van der Waals surface area (Å²) in [6, 6.07) is 8.88. The van der Waals surface area contributed by atoms with Gasteiger partial charge in [-0.15, -0.1) is 0 Å². The number of nitrogens with zero attached hydrogens (tertiary/aromatic N) is 1. The van der Waals surface area contributed by atoms with Crippen molar-refractivity contribution in [3.05, 3.63) is 30.3 Å². The van der Waals surface area contributed by atoms with Gasteiger partial charge >= 0.3 is 0 Å². The van der Waals surface area contributed by atoms with E-state index in [1.54, 1.807) is 28.6 Å². The standard InChI is InChI=1S/C13H15Br2NO2S/c14-11-6-9-8-16(13(9)7-12(11)15)19(17,18)10-4-2-1-3-5-10/h1-5,9,11-13H,6-8H2/t9-,11-,12+,13+/m1/s1. The van der Waals surface area contributed by atoms with Crippen molar-refractivity contribution < 1.29 is 8.42 Å². The van der Waals surface area contributed by atoms with E-state index in [1.165, 1.54) is 0 Å². The largest absolute Gasteiger partial charge is 0.243 e. The molecule has 1 heterocycles. The van der Waals surface area contributed by atoms with Gasteiger partial charge in [-0.2, -0.15) is 4.31 Å². The van der Waals surface area contributed by atoms with E-state index >= 15 is 0 Å². The molecule has 1 saturated carbocycles. The van der Waals surface area contributed by atoms with Gasteiger partial charge in [0.25, 0.3) is 0 Å². The zero-order chi connectivity index (χ0) is 13.6. The lowest BCUT2D eigenvalue weighted by atomic mass is 9.79. The first-order chi connectivity index (χ1) is 9.00. The van der Waals surface area contributed by atoms with Crippen molar-refractivity contribution in [1.29, 1.82) is 0 Å². The third-order valence-corrected chi connectivity index (χ3v) is 8.70. The van der Waals surface area contributed by atoms with E-state index in [-0.39, 0.29) is 6.04 Å². The Kier molecular flexibility index (Phi) is 3.79. The second-order valence-electron chi connectivity index (χ2n) is 5.22. The minimum absolute atomic E-state index is 0.156. The van der Waals surface area contributed by atoms with Crippen LogP contribution in [0.25, 0.3) is 0 Å². The molecule has 2 aliphatic rings. The first-order valence-electron chi connectivity index (χ1n) is 6.35. The van der Waals surface area contributed by atoms with Crippen molar-refractivity contribution in [2.75, 3.05) is 6.54 Å². The van der Waals surface area contributed by atoms with Crippen LogP contribution < -0.4 is 0 Å². The van der Waals surface area contributed by atoms with Gasteiger partial charge in [0, 0.05) is 22.2 Å². The van der Waals surface area contributed by atoms with E-state index in [1.807, 2.05) is 6.07 Å². The summed E-state index contributed by atoms with van der Waals surface area (Å²) < 4.78 is 26.8. The van der Waals surface area contributed by atoms with Crippen molar-refractivity contribution in [3.63, 3.8) is 0 Å². The molecule has 6 heteroatoms. The Morgan fingerprint density at radius 2 is 1.68 bits per heavy atom. The second kappa shape index (κ2) is 5.13. The highest BCUT2D eigenvalue weighted by Crippen LogP contribution is 2.44. The minimum atomic E-state index is -3.32. The number of sulfonamides is 1. The van der Waals surface area contributed by atoms with Crippen molar-refractivity contribution in [3.8, 4) is 0 Å². The molecule has 1 aliphatic heterocycles. The Morgan fingerprint density at radius 1 is 1.05 bits per heavy atom. The van der Waals surface area contributed by atoms with Gasteiger partial charge in [-0.05, 0) is 30.9 Å². The van der Waals surface area contributed by atoms with Crippen LogP contribution in [0.15, 0.2) is 35.2 Å². The molecule has 19 heavy (non-hydrogen) atoms. The first-order valence-corrected chi connectivity index (χ1v) is 9.62. The van der Waals surface area contributed by atoms with Crippen molar-refractivity contribution >= 4 is 41.9 Å². The van der Waals surface area contributed by atoms with Gasteiger partial charge in [0.15, 0.2) is 0 Å². The average molecular weight is 409 g/mol. The Labute approximate surface area is 130 Å². The molecule has 104 valence electrons. The smallest absolute Gasteiger partial charge is 0.207 e. The summed E-state index contributed by atoms with van der Waals surface area (Å²) in [6.45, 7) is 0.656. The maximum absolute atomic E-state index is 12.6. The molecule has 4 atom stereocenters. The van der Waals surface area contributed by atoms with Crippen LogP contribution in [0.2, 0.25) is 0 Å². The molecule has 1 saturated heterocycles. The van der Waals surface area contributed by atoms with E-state index < -0.39 is 10.0 Å². The molecule has 0 radical (unpaired) electrons. The van der Waals surface area contributed by atoms with Gasteiger partial charge in [0.2, 0.25) is 10.0 Å². The SMILES string of the molecule is O=S(=O)(c1ccccc1)N1C[C@H]2C[C@@H](Br)[C@@H](Br)C[C@@H]21. The molecule has 0 spiro atoms. The molecule has 0 N–H and O–H groups in total. The third kappa shape index (κ3) is 2.41. The first kappa shape index (κ1) is 14.0. The van der Waals surface area contributed by atoms with Crippen LogP contribution in [0.4, 0.5) is 0 Å². The van der Waals surface area contributed by atoms with Gasteiger partial charge in [-0.25, -0.2) is 8.42 Å². The number of benzene rings is 1. The van der Waals surface area contributed by atoms with Gasteiger partial charge in [0.05, 0.1) is 4.90 Å². The van der Waals surface area contributed by atoms with Gasteiger partial charge in [-0.1, -0.05) is 50.1 Å². The van der Waals surface area contributed by atoms with Gasteiger partial charge in [-0.3, -0.25) is 0 Å². The van der Waals surface area contributed by atoms with E-state index in [4.69, 9.17) is 0 Å². The molecule has 1 aromatic rings. The van der Waals surface area contributed by atoms with Crippen LogP contribution >= 0.6 is 31.9 Å². The normalized spacial score (nSPS) is 35.5. The fourth-order valence-corrected chi connectivity index (χ4v) is 6.02. The highest BCUT2D eigenvalue weighted by atomic mass is 79.9. The van der Waals surface area contributed by atoms with E-state index in [9.17, 15) is 8.42 Å².